The third kappa shape index (κ3) is 5.05. The Balaban J connectivity index is 1.97. The van der Waals surface area contributed by atoms with Gasteiger partial charge in [0.25, 0.3) is 0 Å². The third-order valence-electron chi connectivity index (χ3n) is 4.53. The molecule has 2 rings (SSSR count). The molecule has 0 saturated carbocycles. The first kappa shape index (κ1) is 18.9. The minimum atomic E-state index is -3.43. The van der Waals surface area contributed by atoms with E-state index in [1.54, 1.807) is 28.6 Å². The van der Waals surface area contributed by atoms with E-state index >= 15 is 0 Å². The van der Waals surface area contributed by atoms with Gasteiger partial charge >= 0.3 is 0 Å². The van der Waals surface area contributed by atoms with Crippen LogP contribution in [-0.2, 0) is 14.8 Å². The highest BCUT2D eigenvalue weighted by Gasteiger charge is 2.27. The number of sulfonamides is 1. The molecule has 0 spiro atoms. The molecule has 0 unspecified atom stereocenters. The number of nitrogens with zero attached hydrogens (tertiary/aromatic N) is 1. The molecule has 0 atom stereocenters. The number of nitrogens with one attached hydrogen (secondary N) is 1. The number of anilines is 1. The number of benzene rings is 1. The number of piperidine rings is 1. The lowest BCUT2D eigenvalue weighted by Crippen LogP contribution is -2.37. The van der Waals surface area contributed by atoms with Crippen LogP contribution in [0.4, 0.5) is 5.69 Å². The molecule has 0 aromatic heterocycles. The Bertz CT molecular complexity index is 633. The van der Waals surface area contributed by atoms with Crippen LogP contribution in [-0.4, -0.2) is 31.7 Å². The Labute approximate surface area is 145 Å². The van der Waals surface area contributed by atoms with Crippen LogP contribution in [0.5, 0.6) is 0 Å². The first-order chi connectivity index (χ1) is 11.4. The van der Waals surface area contributed by atoms with Gasteiger partial charge in [-0.05, 0) is 49.4 Å². The van der Waals surface area contributed by atoms with E-state index in [2.05, 4.69) is 19.2 Å². The average Bonchev–Trinajstić information content (AvgIpc) is 2.56. The highest BCUT2D eigenvalue weighted by atomic mass is 32.2. The fraction of sp³-hybridized carbons (Fsp3) is 0.611. The zero-order valence-corrected chi connectivity index (χ0v) is 15.4. The topological polar surface area (TPSA) is 66.5 Å². The van der Waals surface area contributed by atoms with E-state index in [-0.39, 0.29) is 5.91 Å². The van der Waals surface area contributed by atoms with Gasteiger partial charge in [-0.1, -0.05) is 26.7 Å². The van der Waals surface area contributed by atoms with Crippen molar-refractivity contribution in [3.05, 3.63) is 24.3 Å². The fourth-order valence-electron chi connectivity index (χ4n) is 2.84. The second-order valence-corrected chi connectivity index (χ2v) is 8.55. The Morgan fingerprint density at radius 3 is 2.38 bits per heavy atom. The summed E-state index contributed by atoms with van der Waals surface area (Å²) in [6.07, 6.45) is 5.31. The third-order valence-corrected chi connectivity index (χ3v) is 6.44. The molecule has 1 amide bonds. The molecule has 1 aromatic rings. The molecule has 1 N–H and O–H groups in total. The lowest BCUT2D eigenvalue weighted by molar-refractivity contribution is -0.116. The zero-order chi connectivity index (χ0) is 17.6. The van der Waals surface area contributed by atoms with Gasteiger partial charge in [-0.3, -0.25) is 4.79 Å². The van der Waals surface area contributed by atoms with Gasteiger partial charge in [-0.15, -0.1) is 0 Å². The molecule has 134 valence electrons. The summed E-state index contributed by atoms with van der Waals surface area (Å²) >= 11 is 0. The lowest BCUT2D eigenvalue weighted by atomic mass is 10.0. The number of unbranched alkanes of at least 4 members (excludes halogenated alkanes) is 2. The van der Waals surface area contributed by atoms with Crippen LogP contribution in [0.15, 0.2) is 29.2 Å². The lowest BCUT2D eigenvalue weighted by Gasteiger charge is -2.29. The van der Waals surface area contributed by atoms with Crippen molar-refractivity contribution in [3.8, 4) is 0 Å². The van der Waals surface area contributed by atoms with E-state index in [0.717, 1.165) is 32.1 Å². The molecule has 0 bridgehead atoms. The Morgan fingerprint density at radius 1 is 1.17 bits per heavy atom. The first-order valence-corrected chi connectivity index (χ1v) is 10.3. The van der Waals surface area contributed by atoms with E-state index in [1.807, 2.05) is 0 Å². The van der Waals surface area contributed by atoms with E-state index in [9.17, 15) is 13.2 Å². The summed E-state index contributed by atoms with van der Waals surface area (Å²) in [5.74, 6) is 0.561. The van der Waals surface area contributed by atoms with Crippen LogP contribution in [0.2, 0.25) is 0 Å². The molecule has 1 heterocycles. The number of rotatable bonds is 7. The van der Waals surface area contributed by atoms with Gasteiger partial charge < -0.3 is 5.32 Å². The molecule has 24 heavy (non-hydrogen) atoms. The maximum atomic E-state index is 12.6. The number of carbonyl (C=O) groups is 1. The predicted octanol–water partition coefficient (Wildman–Crippen LogP) is 3.63. The van der Waals surface area contributed by atoms with Crippen LogP contribution in [0.3, 0.4) is 0 Å². The number of carbonyl (C=O) groups excluding carboxylic acids is 1. The largest absolute Gasteiger partial charge is 0.326 e. The van der Waals surface area contributed by atoms with Crippen molar-refractivity contribution in [3.63, 3.8) is 0 Å². The molecule has 1 saturated heterocycles. The smallest absolute Gasteiger partial charge is 0.243 e. The Morgan fingerprint density at radius 2 is 1.79 bits per heavy atom. The van der Waals surface area contributed by atoms with Gasteiger partial charge in [0.1, 0.15) is 0 Å². The second kappa shape index (κ2) is 8.62. The van der Waals surface area contributed by atoms with Crippen molar-refractivity contribution in [1.82, 2.24) is 4.31 Å². The van der Waals surface area contributed by atoms with E-state index < -0.39 is 10.0 Å². The van der Waals surface area contributed by atoms with Gasteiger partial charge in [0.15, 0.2) is 0 Å². The van der Waals surface area contributed by atoms with Gasteiger partial charge in [0, 0.05) is 25.2 Å². The summed E-state index contributed by atoms with van der Waals surface area (Å²) < 4.78 is 26.8. The van der Waals surface area contributed by atoms with Crippen molar-refractivity contribution in [1.29, 1.82) is 0 Å². The summed E-state index contributed by atoms with van der Waals surface area (Å²) in [6, 6.07) is 6.48. The molecular weight excluding hydrogens is 324 g/mol. The van der Waals surface area contributed by atoms with Crippen LogP contribution in [0, 0.1) is 5.92 Å². The van der Waals surface area contributed by atoms with Crippen LogP contribution in [0.1, 0.15) is 52.4 Å². The SMILES string of the molecule is CCCCCC(=O)Nc1ccc(S(=O)(=O)N2CCC(C)CC2)cc1. The molecule has 6 heteroatoms. The molecule has 1 fully saturated rings. The van der Waals surface area contributed by atoms with Crippen molar-refractivity contribution >= 4 is 21.6 Å². The normalized spacial score (nSPS) is 16.9. The summed E-state index contributed by atoms with van der Waals surface area (Å²) in [6.45, 7) is 5.42. The van der Waals surface area contributed by atoms with Crippen molar-refractivity contribution in [2.45, 2.75) is 57.3 Å². The number of hydrogen-bond acceptors (Lipinski definition) is 3. The molecule has 5 nitrogen and oxygen atoms in total. The monoisotopic (exact) mass is 352 g/mol. The molecule has 1 aliphatic rings. The van der Waals surface area contributed by atoms with E-state index in [0.29, 0.717) is 36.0 Å². The highest BCUT2D eigenvalue weighted by Crippen LogP contribution is 2.24. The summed E-state index contributed by atoms with van der Waals surface area (Å²) in [4.78, 5) is 12.1. The number of amides is 1. The molecule has 1 aliphatic heterocycles. The van der Waals surface area contributed by atoms with Crippen molar-refractivity contribution < 1.29 is 13.2 Å². The standard InChI is InChI=1S/C18H28N2O3S/c1-3-4-5-6-18(21)19-16-7-9-17(10-8-16)24(22,23)20-13-11-15(2)12-14-20/h7-10,15H,3-6,11-14H2,1-2H3,(H,19,21). The molecule has 1 aromatic carbocycles. The van der Waals surface area contributed by atoms with E-state index in [4.69, 9.17) is 0 Å². The fourth-order valence-corrected chi connectivity index (χ4v) is 4.31. The van der Waals surface area contributed by atoms with E-state index in [1.165, 1.54) is 0 Å². The predicted molar refractivity (Wildman–Crippen MR) is 96.4 cm³/mol. The molecule has 0 radical (unpaired) electrons. The minimum absolute atomic E-state index is 0.0240. The Hall–Kier alpha value is -1.40. The van der Waals surface area contributed by atoms with Crippen LogP contribution >= 0.6 is 0 Å². The van der Waals surface area contributed by atoms with Gasteiger partial charge in [0.2, 0.25) is 15.9 Å². The van der Waals surface area contributed by atoms with Crippen molar-refractivity contribution in [2.75, 3.05) is 18.4 Å². The maximum absolute atomic E-state index is 12.6. The maximum Gasteiger partial charge on any atom is 0.243 e. The van der Waals surface area contributed by atoms with Crippen molar-refractivity contribution in [2.24, 2.45) is 5.92 Å². The van der Waals surface area contributed by atoms with Gasteiger partial charge in [-0.2, -0.15) is 4.31 Å². The molecule has 0 aliphatic carbocycles. The second-order valence-electron chi connectivity index (χ2n) is 6.62. The Kier molecular flexibility index (Phi) is 6.80. The highest BCUT2D eigenvalue weighted by molar-refractivity contribution is 7.89. The minimum Gasteiger partial charge on any atom is -0.326 e. The van der Waals surface area contributed by atoms with Gasteiger partial charge in [-0.25, -0.2) is 8.42 Å². The zero-order valence-electron chi connectivity index (χ0n) is 14.6. The quantitative estimate of drug-likeness (QED) is 0.762. The van der Waals surface area contributed by atoms with Crippen LogP contribution in [0.25, 0.3) is 0 Å². The summed E-state index contributed by atoms with van der Waals surface area (Å²) in [5, 5.41) is 2.82. The molecular formula is C18H28N2O3S. The van der Waals surface area contributed by atoms with Crippen LogP contribution < -0.4 is 5.32 Å². The summed E-state index contributed by atoms with van der Waals surface area (Å²) in [7, 11) is -3.43. The first-order valence-electron chi connectivity index (χ1n) is 8.83. The number of hydrogen-bond donors (Lipinski definition) is 1. The van der Waals surface area contributed by atoms with Gasteiger partial charge in [0.05, 0.1) is 4.90 Å². The summed E-state index contributed by atoms with van der Waals surface area (Å²) in [5.41, 5.74) is 0.641. The average molecular weight is 353 g/mol.